The summed E-state index contributed by atoms with van der Waals surface area (Å²) in [5.41, 5.74) is 3.11. The second-order valence-electron chi connectivity index (χ2n) is 21.9. The second kappa shape index (κ2) is 26.3. The molecule has 31 nitrogen and oxygen atoms in total. The number of amides is 8. The summed E-state index contributed by atoms with van der Waals surface area (Å²) in [5, 5.41) is 44.5. The Morgan fingerprint density at radius 1 is 0.473 bits per heavy atom. The topological polar surface area (TPSA) is 389 Å². The van der Waals surface area contributed by atoms with Gasteiger partial charge in [0.15, 0.2) is 40.6 Å². The number of carbonyl (C=O) groups excluding carboxylic acids is 8. The van der Waals surface area contributed by atoms with Crippen LogP contribution in [0.4, 0.5) is 28.6 Å². The van der Waals surface area contributed by atoms with Gasteiger partial charge in [-0.05, 0) is 82.0 Å². The Morgan fingerprint density at radius 2 is 0.923 bits per heavy atom. The summed E-state index contributed by atoms with van der Waals surface area (Å²) in [6, 6.07) is 11.9. The molecule has 0 atom stereocenters. The highest BCUT2D eigenvalue weighted by atomic mass is 16.3. The third-order valence-electron chi connectivity index (χ3n) is 14.7. The summed E-state index contributed by atoms with van der Waals surface area (Å²) in [6.07, 6.45) is 12.4. The number of H-pyrrole nitrogens is 2. The normalized spacial score (nSPS) is 11.3. The predicted octanol–water partition coefficient (Wildman–Crippen LogP) is 4.35. The Bertz CT molecular complexity index is 4480. The molecule has 8 aromatic heterocycles. The van der Waals surface area contributed by atoms with Crippen molar-refractivity contribution in [3.05, 3.63) is 126 Å². The largest absolute Gasteiger partial charge is 0.505 e. The minimum Gasteiger partial charge on any atom is -0.505 e. The molecule has 2 aromatic carbocycles. The number of nitrogens with zero attached hydrogens (tertiary/aromatic N) is 11. The summed E-state index contributed by atoms with van der Waals surface area (Å²) in [5.74, 6) is -2.79. The molecule has 0 aliphatic rings. The van der Waals surface area contributed by atoms with Crippen molar-refractivity contribution >= 4 is 97.9 Å². The van der Waals surface area contributed by atoms with E-state index in [0.29, 0.717) is 46.4 Å². The zero-order chi connectivity index (χ0) is 64.9. The maximum Gasteiger partial charge on any atom is 0.272 e. The number of aryl methyl sites for hydroxylation is 6. The lowest BCUT2D eigenvalue weighted by Gasteiger charge is -2.10. The lowest BCUT2D eigenvalue weighted by molar-refractivity contribution is -0.121. The molecule has 8 amide bonds. The number of nitrogens with one attached hydrogen (secondary N) is 10. The number of hydrogen-bond donors (Lipinski definition) is 12. The molecule has 0 aliphatic heterocycles. The third-order valence-corrected chi connectivity index (χ3v) is 14.7. The number of fused-ring (bicyclic) bond motifs is 2. The van der Waals surface area contributed by atoms with Crippen molar-refractivity contribution in [2.24, 2.45) is 42.3 Å². The van der Waals surface area contributed by atoms with Crippen LogP contribution in [0.25, 0.3) is 45.4 Å². The monoisotopic (exact) mass is 1240 g/mol. The molecule has 0 saturated heterocycles. The molecule has 0 aliphatic carbocycles. The van der Waals surface area contributed by atoms with E-state index in [4.69, 9.17) is 0 Å². The first kappa shape index (κ1) is 62.3. The van der Waals surface area contributed by atoms with Crippen molar-refractivity contribution in [1.29, 1.82) is 0 Å². The molecule has 10 aromatic rings. The quantitative estimate of drug-likeness (QED) is 0.0374. The van der Waals surface area contributed by atoms with Gasteiger partial charge in [0.1, 0.15) is 33.8 Å². The molecule has 31 heteroatoms. The predicted molar refractivity (Wildman–Crippen MR) is 337 cm³/mol. The number of aromatic amines is 2. The number of carbonyl (C=O) groups is 8. The van der Waals surface area contributed by atoms with Crippen LogP contribution >= 0.6 is 0 Å². The molecule has 0 radical (unpaired) electrons. The first-order valence-electron chi connectivity index (χ1n) is 28.6. The molecule has 0 unspecified atom stereocenters. The molecule has 12 N–H and O–H groups in total. The maximum absolute atomic E-state index is 13.6. The fourth-order valence-corrected chi connectivity index (χ4v) is 10.1. The number of anilines is 5. The van der Waals surface area contributed by atoms with E-state index in [9.17, 15) is 48.6 Å². The number of phenols is 2. The van der Waals surface area contributed by atoms with Gasteiger partial charge in [-0.25, -0.2) is 19.9 Å². The molecular formula is C60H67N21O10. The molecular weight excluding hydrogens is 1170 g/mol. The number of aromatic hydroxyl groups is 2. The van der Waals surface area contributed by atoms with Gasteiger partial charge in [-0.2, -0.15) is 0 Å². The molecule has 0 saturated carbocycles. The molecule has 10 rings (SSSR count). The fourth-order valence-electron chi connectivity index (χ4n) is 10.1. The molecule has 0 spiro atoms. The Morgan fingerprint density at radius 3 is 1.40 bits per heavy atom. The van der Waals surface area contributed by atoms with E-state index in [2.05, 4.69) is 72.4 Å². The van der Waals surface area contributed by atoms with Crippen molar-refractivity contribution in [1.82, 2.24) is 78.2 Å². The van der Waals surface area contributed by atoms with Crippen molar-refractivity contribution in [3.63, 3.8) is 0 Å². The molecule has 91 heavy (non-hydrogen) atoms. The van der Waals surface area contributed by atoms with Gasteiger partial charge in [0.05, 0.1) is 44.9 Å². The number of phenolic OH excluding ortho intramolecular Hbond substituents is 2. The average Bonchev–Trinajstić information content (AvgIpc) is 1.77. The number of hydrogen-bond acceptors (Lipinski definition) is 15. The zero-order valence-corrected chi connectivity index (χ0v) is 50.9. The van der Waals surface area contributed by atoms with Crippen LogP contribution in [0.3, 0.4) is 0 Å². The summed E-state index contributed by atoms with van der Waals surface area (Å²) in [6.45, 7) is 1.65. The lowest BCUT2D eigenvalue weighted by Crippen LogP contribution is -2.32. The lowest BCUT2D eigenvalue weighted by atomic mass is 10.1. The fraction of sp³-hybridized carbons (Fsp3) is 0.267. The van der Waals surface area contributed by atoms with Crippen molar-refractivity contribution < 1.29 is 48.6 Å². The van der Waals surface area contributed by atoms with E-state index in [1.807, 2.05) is 19.0 Å². The van der Waals surface area contributed by atoms with Gasteiger partial charge in [-0.3, -0.25) is 38.4 Å². The minimum absolute atomic E-state index is 0.0204. The minimum atomic E-state index is -0.682. The van der Waals surface area contributed by atoms with Gasteiger partial charge in [0, 0.05) is 118 Å². The van der Waals surface area contributed by atoms with E-state index in [1.165, 1.54) is 51.7 Å². The number of aromatic nitrogens is 12. The molecule has 472 valence electrons. The van der Waals surface area contributed by atoms with E-state index >= 15 is 0 Å². The Hall–Kier alpha value is -11.8. The van der Waals surface area contributed by atoms with Crippen LogP contribution in [-0.4, -0.2) is 160 Å². The van der Waals surface area contributed by atoms with Gasteiger partial charge in [-0.1, -0.05) is 0 Å². The van der Waals surface area contributed by atoms with Crippen LogP contribution in [0, 0.1) is 0 Å². The Labute approximate surface area is 518 Å². The van der Waals surface area contributed by atoms with Gasteiger partial charge in [-0.15, -0.1) is 0 Å². The van der Waals surface area contributed by atoms with Crippen molar-refractivity contribution in [3.8, 4) is 34.8 Å². The van der Waals surface area contributed by atoms with Crippen LogP contribution in [0.15, 0.2) is 91.9 Å². The van der Waals surface area contributed by atoms with Crippen molar-refractivity contribution in [2.75, 3.05) is 66.9 Å². The molecule has 0 bridgehead atoms. The smallest absolute Gasteiger partial charge is 0.272 e. The zero-order valence-electron chi connectivity index (χ0n) is 50.9. The van der Waals surface area contributed by atoms with Crippen LogP contribution < -0.4 is 42.5 Å². The van der Waals surface area contributed by atoms with E-state index in [1.54, 1.807) is 110 Å². The maximum atomic E-state index is 13.6. The number of benzene rings is 2. The van der Waals surface area contributed by atoms with E-state index < -0.39 is 41.2 Å². The van der Waals surface area contributed by atoms with Gasteiger partial charge < -0.3 is 95.0 Å². The first-order chi connectivity index (χ1) is 43.5. The molecule has 0 fully saturated rings. The second-order valence-corrected chi connectivity index (χ2v) is 21.9. The SMILES string of the molecule is CN(C)CCCNC(=O)CCNC(=O)c1cc(NC(=O)c2cc(NC(=O)c3ccc4nc(-c5nc(NC(=O)CCCNC(=O)c6cc(NC(=O)c7cc(NC(=O)c8ccc9nc(-c%10nccn%10C)[nH]c9c8O)cn7C)cn6C)cn5C)[nH]c4c3O)cn2C)cn1C. The van der Waals surface area contributed by atoms with E-state index in [0.717, 1.165) is 13.0 Å². The van der Waals surface area contributed by atoms with Gasteiger partial charge in [0.25, 0.3) is 35.4 Å². The van der Waals surface area contributed by atoms with Crippen molar-refractivity contribution in [2.45, 2.75) is 25.7 Å². The number of imidazole rings is 4. The highest BCUT2D eigenvalue weighted by molar-refractivity contribution is 6.12. The summed E-state index contributed by atoms with van der Waals surface area (Å²) in [7, 11) is 13.9. The summed E-state index contributed by atoms with van der Waals surface area (Å²) >= 11 is 0. The summed E-state index contributed by atoms with van der Waals surface area (Å²) in [4.78, 5) is 131. The van der Waals surface area contributed by atoms with Crippen LogP contribution in [0.2, 0.25) is 0 Å². The standard InChI is InChI=1S/C60H67N21O10/c1-75(2)21-10-18-61-45(82)16-19-64-58(89)41-24-35(30-78(41)5)68-60(91)43-26-33(28-80(43)7)66-56(87)37-13-15-39-48(50(37)85)74-52(70-39)54-72-44(31-81(54)8)71-46(83)11-9-17-63-57(88)40-23-34(29-77(40)4)67-59(90)42-25-32(27-79(42)6)65-55(86)36-12-14-38-47(49(36)84)73-51(69-38)53-62-20-22-76(53)3/h12-15,20,22-31,84-85H,9-11,16-19,21H2,1-8H3,(H,61,82)(H,63,88)(H,64,89)(H,65,86)(H,66,87)(H,67,90)(H,68,91)(H,69,73)(H,70,74)(H,71,83). The highest BCUT2D eigenvalue weighted by Gasteiger charge is 2.25. The average molecular weight is 1240 g/mol. The highest BCUT2D eigenvalue weighted by Crippen LogP contribution is 2.33. The first-order valence-corrected chi connectivity index (χ1v) is 28.6. The van der Waals surface area contributed by atoms with Gasteiger partial charge in [0.2, 0.25) is 11.8 Å². The third kappa shape index (κ3) is 14.0. The number of rotatable bonds is 24. The van der Waals surface area contributed by atoms with Crippen LogP contribution in [0.1, 0.15) is 88.4 Å². The van der Waals surface area contributed by atoms with E-state index in [-0.39, 0.29) is 118 Å². The molecule has 8 heterocycles. The van der Waals surface area contributed by atoms with Crippen LogP contribution in [0.5, 0.6) is 11.5 Å². The Kier molecular flexibility index (Phi) is 18.0. The van der Waals surface area contributed by atoms with Gasteiger partial charge >= 0.3 is 0 Å². The van der Waals surface area contributed by atoms with Crippen LogP contribution in [-0.2, 0) is 51.9 Å². The Balaban J connectivity index is 0.669. The summed E-state index contributed by atoms with van der Waals surface area (Å²) < 4.78 is 9.48.